The largest absolute Gasteiger partial charge is 0.454 e. The van der Waals surface area contributed by atoms with Gasteiger partial charge in [0, 0.05) is 11.0 Å². The second-order valence-electron chi connectivity index (χ2n) is 4.69. The summed E-state index contributed by atoms with van der Waals surface area (Å²) in [6.45, 7) is 3.70. The Morgan fingerprint density at radius 2 is 1.81 bits per heavy atom. The van der Waals surface area contributed by atoms with E-state index in [-0.39, 0.29) is 12.4 Å². The highest BCUT2D eigenvalue weighted by atomic mass is 32.1. The van der Waals surface area contributed by atoms with E-state index in [1.807, 2.05) is 44.2 Å². The molecule has 108 valence electrons. The fourth-order valence-electron chi connectivity index (χ4n) is 1.68. The Morgan fingerprint density at radius 1 is 1.10 bits per heavy atom. The smallest absolute Gasteiger partial charge is 0.331 e. The third-order valence-corrected chi connectivity index (χ3v) is 3.89. The Balaban J connectivity index is 1.84. The van der Waals surface area contributed by atoms with E-state index in [1.54, 1.807) is 12.1 Å². The van der Waals surface area contributed by atoms with Crippen LogP contribution in [0.4, 0.5) is 0 Å². The summed E-state index contributed by atoms with van der Waals surface area (Å²) in [5.74, 6) is -0.692. The number of benzene rings is 1. The van der Waals surface area contributed by atoms with Crippen molar-refractivity contribution in [2.24, 2.45) is 0 Å². The molecule has 0 saturated heterocycles. The Morgan fingerprint density at radius 3 is 2.43 bits per heavy atom. The minimum absolute atomic E-state index is 0.176. The summed E-state index contributed by atoms with van der Waals surface area (Å²) in [6, 6.07) is 11.4. The zero-order valence-electron chi connectivity index (χ0n) is 12.0. The number of carbonyl (C=O) groups excluding carboxylic acids is 2. The average molecular weight is 300 g/mol. The molecule has 0 radical (unpaired) electrons. The van der Waals surface area contributed by atoms with Gasteiger partial charge in [-0.05, 0) is 37.6 Å². The van der Waals surface area contributed by atoms with Crippen LogP contribution in [0, 0.1) is 13.8 Å². The first-order valence-corrected chi connectivity index (χ1v) is 7.37. The molecule has 0 bridgehead atoms. The van der Waals surface area contributed by atoms with Gasteiger partial charge in [0.05, 0.1) is 4.88 Å². The maximum atomic E-state index is 11.8. The second-order valence-corrected chi connectivity index (χ2v) is 5.97. The van der Waals surface area contributed by atoms with Crippen molar-refractivity contribution in [2.45, 2.75) is 13.8 Å². The van der Waals surface area contributed by atoms with Crippen molar-refractivity contribution < 1.29 is 14.3 Å². The van der Waals surface area contributed by atoms with Gasteiger partial charge >= 0.3 is 5.97 Å². The van der Waals surface area contributed by atoms with E-state index in [0.717, 1.165) is 16.0 Å². The van der Waals surface area contributed by atoms with E-state index in [1.165, 1.54) is 17.4 Å². The number of aryl methyl sites for hydroxylation is 2. The summed E-state index contributed by atoms with van der Waals surface area (Å²) in [6.07, 6.45) is 3.00. The first-order valence-electron chi connectivity index (χ1n) is 6.56. The molecule has 0 spiro atoms. The first-order chi connectivity index (χ1) is 10.0. The van der Waals surface area contributed by atoms with Gasteiger partial charge in [0.25, 0.3) is 0 Å². The van der Waals surface area contributed by atoms with Crippen molar-refractivity contribution in [1.82, 2.24) is 0 Å². The number of ether oxygens (including phenoxy) is 1. The third kappa shape index (κ3) is 4.68. The molecule has 0 amide bonds. The van der Waals surface area contributed by atoms with Crippen molar-refractivity contribution in [2.75, 3.05) is 6.61 Å². The molecule has 0 N–H and O–H groups in total. The van der Waals surface area contributed by atoms with E-state index in [4.69, 9.17) is 4.74 Å². The lowest BCUT2D eigenvalue weighted by atomic mass is 10.1. The third-order valence-electron chi connectivity index (χ3n) is 2.85. The maximum absolute atomic E-state index is 11.8. The molecule has 1 aromatic heterocycles. The lowest BCUT2D eigenvalue weighted by Crippen LogP contribution is -2.11. The summed E-state index contributed by atoms with van der Waals surface area (Å²) in [5, 5.41) is 0. The molecule has 21 heavy (non-hydrogen) atoms. The van der Waals surface area contributed by atoms with Crippen LogP contribution in [-0.2, 0) is 9.53 Å². The predicted molar refractivity (Wildman–Crippen MR) is 84.6 cm³/mol. The Labute approximate surface area is 127 Å². The van der Waals surface area contributed by atoms with Gasteiger partial charge in [-0.25, -0.2) is 4.79 Å². The molecule has 3 nitrogen and oxygen atoms in total. The highest BCUT2D eigenvalue weighted by Gasteiger charge is 2.10. The highest BCUT2D eigenvalue weighted by Crippen LogP contribution is 2.15. The molecule has 1 aromatic carbocycles. The van der Waals surface area contributed by atoms with Gasteiger partial charge in [0.1, 0.15) is 0 Å². The number of rotatable bonds is 5. The van der Waals surface area contributed by atoms with Crippen molar-refractivity contribution in [1.29, 1.82) is 0 Å². The van der Waals surface area contributed by atoms with Gasteiger partial charge < -0.3 is 4.74 Å². The first kappa shape index (κ1) is 15.2. The Bertz CT molecular complexity index is 666. The summed E-state index contributed by atoms with van der Waals surface area (Å²) in [7, 11) is 0. The van der Waals surface area contributed by atoms with Gasteiger partial charge in [0.2, 0.25) is 5.78 Å². The van der Waals surface area contributed by atoms with Crippen LogP contribution >= 0.6 is 11.3 Å². The number of Topliss-reactive ketones (excluding diaryl/α,β-unsaturated/α-hetero) is 1. The lowest BCUT2D eigenvalue weighted by Gasteiger charge is -1.99. The number of esters is 1. The fraction of sp³-hybridized carbons (Fsp3) is 0.176. The summed E-state index contributed by atoms with van der Waals surface area (Å²) >= 11 is 1.40. The molecule has 0 fully saturated rings. The maximum Gasteiger partial charge on any atom is 0.331 e. The SMILES string of the molecule is Cc1ccc(/C=C/C(=O)OCC(=O)c2ccc(C)s2)cc1. The summed E-state index contributed by atoms with van der Waals surface area (Å²) < 4.78 is 4.94. The molecule has 0 atom stereocenters. The highest BCUT2D eigenvalue weighted by molar-refractivity contribution is 7.14. The quantitative estimate of drug-likeness (QED) is 0.479. The van der Waals surface area contributed by atoms with E-state index in [2.05, 4.69) is 0 Å². The van der Waals surface area contributed by atoms with Gasteiger partial charge in [-0.1, -0.05) is 29.8 Å². The van der Waals surface area contributed by atoms with E-state index in [9.17, 15) is 9.59 Å². The molecule has 0 aliphatic heterocycles. The molecular formula is C17H16O3S. The van der Waals surface area contributed by atoms with Crippen LogP contribution in [0.2, 0.25) is 0 Å². The van der Waals surface area contributed by atoms with Crippen LogP contribution in [0.1, 0.15) is 25.7 Å². The molecule has 0 unspecified atom stereocenters. The number of thiophene rings is 1. The van der Waals surface area contributed by atoms with Crippen LogP contribution in [0.15, 0.2) is 42.5 Å². The number of hydrogen-bond donors (Lipinski definition) is 0. The second kappa shape index (κ2) is 6.99. The minimum Gasteiger partial charge on any atom is -0.454 e. The zero-order valence-corrected chi connectivity index (χ0v) is 12.8. The van der Waals surface area contributed by atoms with Crippen molar-refractivity contribution in [3.05, 3.63) is 63.4 Å². The fourth-order valence-corrected chi connectivity index (χ4v) is 2.47. The molecule has 0 saturated carbocycles. The minimum atomic E-state index is -0.516. The van der Waals surface area contributed by atoms with Gasteiger partial charge in [-0.3, -0.25) is 4.79 Å². The monoisotopic (exact) mass is 300 g/mol. The lowest BCUT2D eigenvalue weighted by molar-refractivity contribution is -0.136. The van der Waals surface area contributed by atoms with E-state index < -0.39 is 5.97 Å². The van der Waals surface area contributed by atoms with Gasteiger partial charge in [-0.2, -0.15) is 0 Å². The van der Waals surface area contributed by atoms with Crippen LogP contribution in [0.5, 0.6) is 0 Å². The molecule has 0 aliphatic carbocycles. The van der Waals surface area contributed by atoms with Gasteiger partial charge in [0.15, 0.2) is 6.61 Å². The van der Waals surface area contributed by atoms with Crippen molar-refractivity contribution in [3.63, 3.8) is 0 Å². The number of hydrogen-bond acceptors (Lipinski definition) is 4. The van der Waals surface area contributed by atoms with Crippen LogP contribution in [0.25, 0.3) is 6.08 Å². The summed E-state index contributed by atoms with van der Waals surface area (Å²) in [4.78, 5) is 25.0. The molecule has 1 heterocycles. The summed E-state index contributed by atoms with van der Waals surface area (Å²) in [5.41, 5.74) is 2.07. The van der Waals surface area contributed by atoms with Crippen LogP contribution in [-0.4, -0.2) is 18.4 Å². The topological polar surface area (TPSA) is 43.4 Å². The van der Waals surface area contributed by atoms with Gasteiger partial charge in [-0.15, -0.1) is 11.3 Å². The van der Waals surface area contributed by atoms with E-state index >= 15 is 0 Å². The van der Waals surface area contributed by atoms with Crippen LogP contribution in [0.3, 0.4) is 0 Å². The standard InChI is InChI=1S/C17H16O3S/c1-12-3-6-14(7-4-12)8-10-17(19)20-11-15(18)16-9-5-13(2)21-16/h3-10H,11H2,1-2H3/b10-8+. The average Bonchev–Trinajstić information content (AvgIpc) is 2.91. The Hall–Kier alpha value is -2.20. The molecule has 2 rings (SSSR count). The number of ketones is 1. The normalized spacial score (nSPS) is 10.8. The number of carbonyl (C=O) groups is 2. The molecule has 2 aromatic rings. The van der Waals surface area contributed by atoms with Crippen LogP contribution < -0.4 is 0 Å². The van der Waals surface area contributed by atoms with Crippen molar-refractivity contribution in [3.8, 4) is 0 Å². The molecule has 4 heteroatoms. The van der Waals surface area contributed by atoms with E-state index in [0.29, 0.717) is 4.88 Å². The Kier molecular flexibility index (Phi) is 5.06. The molecule has 0 aliphatic rings. The van der Waals surface area contributed by atoms with Crippen molar-refractivity contribution >= 4 is 29.2 Å². The molecular weight excluding hydrogens is 284 g/mol. The predicted octanol–water partition coefficient (Wildman–Crippen LogP) is 3.80. The zero-order chi connectivity index (χ0) is 15.2.